The molecule has 0 radical (unpaired) electrons. The number of aromatic nitrogens is 2. The number of methoxy groups -OCH3 is 2. The van der Waals surface area contributed by atoms with Gasteiger partial charge < -0.3 is 23.8 Å². The molecule has 0 N–H and O–H groups in total. The van der Waals surface area contributed by atoms with E-state index < -0.39 is 5.97 Å². The zero-order valence-corrected chi connectivity index (χ0v) is 26.1. The predicted octanol–water partition coefficient (Wildman–Crippen LogP) is 6.75. The summed E-state index contributed by atoms with van der Waals surface area (Å²) in [5.74, 6) is 0.578. The van der Waals surface area contributed by atoms with Gasteiger partial charge in [-0.05, 0) is 91.7 Å². The highest BCUT2D eigenvalue weighted by Crippen LogP contribution is 2.45. The number of carbonyl (C=O) groups is 1. The van der Waals surface area contributed by atoms with Crippen molar-refractivity contribution in [2.45, 2.75) is 13.8 Å². The van der Waals surface area contributed by atoms with Gasteiger partial charge in [-0.2, -0.15) is 4.57 Å². The van der Waals surface area contributed by atoms with Crippen LogP contribution >= 0.6 is 0 Å². The Labute approximate surface area is 268 Å². The molecule has 0 fully saturated rings. The SMILES string of the molecule is CC(=O)[O-].COc1ccc(C2=C(C)C(=Nc3c(-c4ccccc4)c(-c4ccc(OC)cc4)n4ccccc34)c3cccc[n+]32)cc1. The van der Waals surface area contributed by atoms with Crippen molar-refractivity contribution in [1.29, 1.82) is 0 Å². The molecule has 7 nitrogen and oxygen atoms in total. The molecular formula is C39H33N3O4. The first-order valence-electron chi connectivity index (χ1n) is 14.9. The number of aliphatic carboxylic acids is 1. The van der Waals surface area contributed by atoms with E-state index in [1.807, 2.05) is 24.3 Å². The quantitative estimate of drug-likeness (QED) is 0.196. The molecule has 3 aromatic heterocycles. The Bertz CT molecular complexity index is 2090. The maximum atomic E-state index is 8.89. The molecule has 0 saturated carbocycles. The van der Waals surface area contributed by atoms with Crippen LogP contribution in [-0.2, 0) is 4.79 Å². The number of aliphatic imine (C=N–C) groups is 1. The summed E-state index contributed by atoms with van der Waals surface area (Å²) >= 11 is 0. The third-order valence-electron chi connectivity index (χ3n) is 7.88. The van der Waals surface area contributed by atoms with Crippen molar-refractivity contribution >= 4 is 28.6 Å². The van der Waals surface area contributed by atoms with Crippen molar-refractivity contribution in [2.75, 3.05) is 14.2 Å². The molecule has 4 heterocycles. The van der Waals surface area contributed by atoms with Crippen molar-refractivity contribution in [3.05, 3.63) is 144 Å². The number of hydrogen-bond acceptors (Lipinski definition) is 5. The molecule has 0 amide bonds. The average molecular weight is 608 g/mol. The molecule has 7 heteroatoms. The number of hydrogen-bond donors (Lipinski definition) is 0. The second kappa shape index (κ2) is 13.0. The number of ether oxygens (including phenoxy) is 2. The molecule has 1 aliphatic heterocycles. The molecule has 6 aromatic rings. The first-order chi connectivity index (χ1) is 22.4. The molecule has 1 aliphatic rings. The molecule has 0 atom stereocenters. The number of carboxylic acids is 1. The molecule has 0 saturated heterocycles. The van der Waals surface area contributed by atoms with Crippen molar-refractivity contribution in [3.63, 3.8) is 0 Å². The van der Waals surface area contributed by atoms with Crippen LogP contribution < -0.4 is 19.1 Å². The molecule has 7 rings (SSSR count). The molecule has 0 bridgehead atoms. The van der Waals surface area contributed by atoms with Crippen LogP contribution in [0.2, 0.25) is 0 Å². The van der Waals surface area contributed by atoms with Gasteiger partial charge in [-0.3, -0.25) is 0 Å². The Kier molecular flexibility index (Phi) is 8.48. The topological polar surface area (TPSA) is 79.2 Å². The summed E-state index contributed by atoms with van der Waals surface area (Å²) in [5.41, 5.74) is 11.7. The number of nitrogens with zero attached hydrogens (tertiary/aromatic N) is 3. The summed E-state index contributed by atoms with van der Waals surface area (Å²) in [7, 11) is 3.38. The Hall–Kier alpha value is -5.95. The van der Waals surface area contributed by atoms with Crippen LogP contribution in [0.1, 0.15) is 25.1 Å². The fourth-order valence-corrected chi connectivity index (χ4v) is 5.89. The van der Waals surface area contributed by atoms with E-state index in [1.54, 1.807) is 14.2 Å². The fraction of sp³-hybridized carbons (Fsp3) is 0.103. The minimum atomic E-state index is -1.08. The van der Waals surface area contributed by atoms with E-state index in [2.05, 4.69) is 119 Å². The molecule has 3 aromatic carbocycles. The summed E-state index contributed by atoms with van der Waals surface area (Å²) in [6, 6.07) is 39.6. The standard InChI is InChI=1S/C37H30N3O2.C2H4O2/c1-25-34(31-13-7-9-23-39(31)36(25)27-15-19-29(41-2)20-16-27)38-35-32-14-8-10-24-40(32)37(28-17-21-30(42-3)22-18-28)33(35)26-11-5-4-6-12-26;1-2(3)4/h4-24H,1-3H3;1H3,(H,3,4)/q+1;/p-1. The van der Waals surface area contributed by atoms with Gasteiger partial charge in [0, 0.05) is 35.4 Å². The summed E-state index contributed by atoms with van der Waals surface area (Å²) in [4.78, 5) is 14.4. The summed E-state index contributed by atoms with van der Waals surface area (Å²) < 4.78 is 15.4. The number of carboxylic acid groups (broad SMARTS) is 1. The van der Waals surface area contributed by atoms with Crippen LogP contribution in [0, 0.1) is 0 Å². The van der Waals surface area contributed by atoms with Crippen molar-refractivity contribution < 1.29 is 23.9 Å². The lowest BCUT2D eigenvalue weighted by molar-refractivity contribution is -0.577. The number of allylic oxidation sites excluding steroid dienone is 1. The number of fused-ring (bicyclic) bond motifs is 2. The van der Waals surface area contributed by atoms with E-state index in [-0.39, 0.29) is 0 Å². The van der Waals surface area contributed by atoms with Gasteiger partial charge in [0.1, 0.15) is 17.2 Å². The zero-order chi connectivity index (χ0) is 32.2. The lowest BCUT2D eigenvalue weighted by Gasteiger charge is -2.09. The van der Waals surface area contributed by atoms with E-state index in [1.165, 1.54) is 0 Å². The Balaban J connectivity index is 0.000000879. The highest BCUT2D eigenvalue weighted by molar-refractivity contribution is 6.18. The second-order valence-electron chi connectivity index (χ2n) is 10.7. The van der Waals surface area contributed by atoms with E-state index in [0.717, 1.165) is 80.3 Å². The highest BCUT2D eigenvalue weighted by Gasteiger charge is 2.35. The van der Waals surface area contributed by atoms with Crippen LogP contribution in [0.15, 0.2) is 138 Å². The van der Waals surface area contributed by atoms with Gasteiger partial charge in [0.25, 0.3) is 0 Å². The maximum Gasteiger partial charge on any atom is 0.237 e. The lowest BCUT2D eigenvalue weighted by Crippen LogP contribution is -2.34. The summed E-state index contributed by atoms with van der Waals surface area (Å²) in [5, 5.41) is 8.89. The Morgan fingerprint density at radius 1 is 0.739 bits per heavy atom. The third kappa shape index (κ3) is 5.66. The molecule has 0 aliphatic carbocycles. The summed E-state index contributed by atoms with van der Waals surface area (Å²) in [6.07, 6.45) is 4.23. The van der Waals surface area contributed by atoms with Crippen LogP contribution in [0.3, 0.4) is 0 Å². The number of pyridine rings is 2. The molecule has 228 valence electrons. The number of carbonyl (C=O) groups excluding carboxylic acids is 1. The molecular weight excluding hydrogens is 574 g/mol. The zero-order valence-electron chi connectivity index (χ0n) is 26.1. The van der Waals surface area contributed by atoms with Gasteiger partial charge in [-0.1, -0.05) is 36.4 Å². The van der Waals surface area contributed by atoms with Crippen molar-refractivity contribution in [3.8, 4) is 33.9 Å². The van der Waals surface area contributed by atoms with Gasteiger partial charge in [0.15, 0.2) is 6.20 Å². The van der Waals surface area contributed by atoms with Gasteiger partial charge in [-0.25, -0.2) is 4.99 Å². The Morgan fingerprint density at radius 3 is 1.96 bits per heavy atom. The lowest BCUT2D eigenvalue weighted by atomic mass is 9.99. The minimum Gasteiger partial charge on any atom is -0.550 e. The number of benzene rings is 3. The third-order valence-corrected chi connectivity index (χ3v) is 7.88. The van der Waals surface area contributed by atoms with E-state index in [4.69, 9.17) is 24.4 Å². The predicted molar refractivity (Wildman–Crippen MR) is 179 cm³/mol. The smallest absolute Gasteiger partial charge is 0.237 e. The summed E-state index contributed by atoms with van der Waals surface area (Å²) in [6.45, 7) is 3.14. The first kappa shape index (κ1) is 30.1. The first-order valence-corrected chi connectivity index (χ1v) is 14.9. The average Bonchev–Trinajstić information content (AvgIpc) is 3.56. The molecule has 0 unspecified atom stereocenters. The molecule has 46 heavy (non-hydrogen) atoms. The van der Waals surface area contributed by atoms with E-state index >= 15 is 0 Å². The second-order valence-corrected chi connectivity index (χ2v) is 10.7. The largest absolute Gasteiger partial charge is 0.550 e. The highest BCUT2D eigenvalue weighted by atomic mass is 16.5. The van der Waals surface area contributed by atoms with Crippen LogP contribution in [0.25, 0.3) is 33.6 Å². The van der Waals surface area contributed by atoms with Crippen LogP contribution in [-0.4, -0.2) is 30.3 Å². The van der Waals surface area contributed by atoms with Crippen molar-refractivity contribution in [1.82, 2.24) is 4.40 Å². The number of rotatable bonds is 6. The van der Waals surface area contributed by atoms with Gasteiger partial charge in [-0.15, -0.1) is 0 Å². The van der Waals surface area contributed by atoms with Gasteiger partial charge >= 0.3 is 0 Å². The van der Waals surface area contributed by atoms with Gasteiger partial charge in [0.05, 0.1) is 36.7 Å². The van der Waals surface area contributed by atoms with Gasteiger partial charge in [0.2, 0.25) is 11.4 Å². The maximum absolute atomic E-state index is 8.89. The van der Waals surface area contributed by atoms with Crippen molar-refractivity contribution in [2.24, 2.45) is 4.99 Å². The minimum absolute atomic E-state index is 0.827. The molecule has 0 spiro atoms. The monoisotopic (exact) mass is 607 g/mol. The van der Waals surface area contributed by atoms with Crippen LogP contribution in [0.5, 0.6) is 11.5 Å². The van der Waals surface area contributed by atoms with Crippen LogP contribution in [0.4, 0.5) is 5.69 Å². The van der Waals surface area contributed by atoms with E-state index in [9.17, 15) is 0 Å². The van der Waals surface area contributed by atoms with E-state index in [0.29, 0.717) is 0 Å². The Morgan fingerprint density at radius 2 is 1.33 bits per heavy atom. The normalized spacial score (nSPS) is 12.9. The fourth-order valence-electron chi connectivity index (χ4n) is 5.89.